The van der Waals surface area contributed by atoms with Gasteiger partial charge in [-0.3, -0.25) is 4.79 Å². The van der Waals surface area contributed by atoms with Gasteiger partial charge in [0.25, 0.3) is 0 Å². The Labute approximate surface area is 141 Å². The lowest BCUT2D eigenvalue weighted by molar-refractivity contribution is -0.146. The lowest BCUT2D eigenvalue weighted by Gasteiger charge is -2.59. The highest BCUT2D eigenvalue weighted by Crippen LogP contribution is 2.66. The molecule has 7 atom stereocenters. The van der Waals surface area contributed by atoms with Crippen LogP contribution in [0.15, 0.2) is 0 Å². The summed E-state index contributed by atoms with van der Waals surface area (Å²) in [5.74, 6) is 3.54. The molecule has 4 saturated carbocycles. The van der Waals surface area contributed by atoms with E-state index in [2.05, 4.69) is 13.8 Å². The minimum absolute atomic E-state index is 0.0863. The Kier molecular flexibility index (Phi) is 3.81. The van der Waals surface area contributed by atoms with Crippen molar-refractivity contribution in [1.82, 2.24) is 0 Å². The number of hydrogen-bond acceptors (Lipinski definition) is 2. The number of ether oxygens (including phenoxy) is 1. The predicted octanol–water partition coefficient (Wildman–Crippen LogP) is 5.35. The van der Waals surface area contributed by atoms with E-state index in [1.54, 1.807) is 6.92 Å². The summed E-state index contributed by atoms with van der Waals surface area (Å²) in [4.78, 5) is 11.4. The molecule has 4 aliphatic carbocycles. The van der Waals surface area contributed by atoms with Gasteiger partial charge in [-0.15, -0.1) is 0 Å². The lowest BCUT2D eigenvalue weighted by atomic mass is 9.45. The molecule has 4 aliphatic rings. The van der Waals surface area contributed by atoms with Crippen LogP contribution in [-0.2, 0) is 9.53 Å². The van der Waals surface area contributed by atoms with Gasteiger partial charge in [-0.05, 0) is 85.9 Å². The van der Waals surface area contributed by atoms with Crippen LogP contribution in [0.4, 0.5) is 0 Å². The highest BCUT2D eigenvalue weighted by atomic mass is 16.5. The van der Waals surface area contributed by atoms with Crippen LogP contribution in [0.1, 0.15) is 85.0 Å². The average Bonchev–Trinajstić information content (AvgIpc) is 2.81. The second-order valence-electron chi connectivity index (χ2n) is 9.77. The molecule has 0 aromatic heterocycles. The molecule has 0 spiro atoms. The zero-order chi connectivity index (χ0) is 16.2. The zero-order valence-corrected chi connectivity index (χ0v) is 15.3. The largest absolute Gasteiger partial charge is 0.463 e. The highest BCUT2D eigenvalue weighted by molar-refractivity contribution is 5.66. The SMILES string of the molecule is CC(=O)O[C@@H]1C[C@@H]2[C@@H]3CC[C@H]4CCCC[C@]4(C)[C@H]3CC[C@]2(C)C1. The first kappa shape index (κ1) is 16.0. The molecular weight excluding hydrogens is 284 g/mol. The van der Waals surface area contributed by atoms with Gasteiger partial charge < -0.3 is 4.74 Å². The molecule has 2 heteroatoms. The average molecular weight is 319 g/mol. The molecule has 0 aliphatic heterocycles. The van der Waals surface area contributed by atoms with Gasteiger partial charge in [0.1, 0.15) is 6.10 Å². The first-order chi connectivity index (χ1) is 10.9. The summed E-state index contributed by atoms with van der Waals surface area (Å²) < 4.78 is 5.64. The molecule has 0 amide bonds. The molecule has 4 fully saturated rings. The maximum atomic E-state index is 11.4. The van der Waals surface area contributed by atoms with Gasteiger partial charge >= 0.3 is 5.97 Å². The van der Waals surface area contributed by atoms with Crippen molar-refractivity contribution in [2.75, 3.05) is 0 Å². The van der Waals surface area contributed by atoms with Gasteiger partial charge in [-0.25, -0.2) is 0 Å². The van der Waals surface area contributed by atoms with Crippen molar-refractivity contribution in [3.8, 4) is 0 Å². The van der Waals surface area contributed by atoms with Gasteiger partial charge in [-0.2, -0.15) is 0 Å². The summed E-state index contributed by atoms with van der Waals surface area (Å²) in [5, 5.41) is 0. The Morgan fingerprint density at radius 2 is 1.83 bits per heavy atom. The Morgan fingerprint density at radius 1 is 1.00 bits per heavy atom. The quantitative estimate of drug-likeness (QED) is 0.609. The van der Waals surface area contributed by atoms with Crippen molar-refractivity contribution in [3.05, 3.63) is 0 Å². The van der Waals surface area contributed by atoms with Gasteiger partial charge in [0.2, 0.25) is 0 Å². The minimum atomic E-state index is -0.0863. The molecule has 2 nitrogen and oxygen atoms in total. The smallest absolute Gasteiger partial charge is 0.302 e. The summed E-state index contributed by atoms with van der Waals surface area (Å²) in [5.41, 5.74) is 1.04. The van der Waals surface area contributed by atoms with Crippen LogP contribution >= 0.6 is 0 Å². The maximum absolute atomic E-state index is 11.4. The molecule has 0 unspecified atom stereocenters. The van der Waals surface area contributed by atoms with E-state index in [0.29, 0.717) is 10.8 Å². The minimum Gasteiger partial charge on any atom is -0.463 e. The maximum Gasteiger partial charge on any atom is 0.302 e. The molecule has 0 saturated heterocycles. The first-order valence-corrected chi connectivity index (χ1v) is 10.1. The Hall–Kier alpha value is -0.530. The topological polar surface area (TPSA) is 26.3 Å². The zero-order valence-electron chi connectivity index (χ0n) is 15.3. The van der Waals surface area contributed by atoms with Crippen molar-refractivity contribution in [1.29, 1.82) is 0 Å². The number of carbonyl (C=O) groups is 1. The second kappa shape index (κ2) is 5.49. The Morgan fingerprint density at radius 3 is 2.61 bits per heavy atom. The number of rotatable bonds is 1. The van der Waals surface area contributed by atoms with Crippen molar-refractivity contribution in [2.24, 2.45) is 34.5 Å². The van der Waals surface area contributed by atoms with Gasteiger partial charge in [0, 0.05) is 6.92 Å². The van der Waals surface area contributed by atoms with Crippen molar-refractivity contribution >= 4 is 5.97 Å². The molecule has 0 aromatic carbocycles. The van der Waals surface area contributed by atoms with E-state index < -0.39 is 0 Å². The van der Waals surface area contributed by atoms with E-state index in [4.69, 9.17) is 4.74 Å². The van der Waals surface area contributed by atoms with Crippen molar-refractivity contribution in [3.63, 3.8) is 0 Å². The standard InChI is InChI=1S/C21H34O2/c1-14(22)23-16-12-19-17-8-7-15-6-4-5-10-21(15,3)18(17)9-11-20(19,2)13-16/h15-19H,4-13H2,1-3H3/t15-,16-,17-,18+,19-,20-,21+/m1/s1. The summed E-state index contributed by atoms with van der Waals surface area (Å²) in [6.07, 6.45) is 14.0. The summed E-state index contributed by atoms with van der Waals surface area (Å²) >= 11 is 0. The van der Waals surface area contributed by atoms with Crippen LogP contribution in [0, 0.1) is 34.5 Å². The molecule has 130 valence electrons. The number of carbonyl (C=O) groups excluding carboxylic acids is 1. The van der Waals surface area contributed by atoms with Crippen molar-refractivity contribution < 1.29 is 9.53 Å². The summed E-state index contributed by atoms with van der Waals surface area (Å²) in [7, 11) is 0. The van der Waals surface area contributed by atoms with E-state index >= 15 is 0 Å². The third-order valence-electron chi connectivity index (χ3n) is 8.64. The molecule has 4 rings (SSSR count). The monoisotopic (exact) mass is 318 g/mol. The van der Waals surface area contributed by atoms with Gasteiger partial charge in [0.15, 0.2) is 0 Å². The molecule has 0 heterocycles. The highest BCUT2D eigenvalue weighted by Gasteiger charge is 2.59. The van der Waals surface area contributed by atoms with Gasteiger partial charge in [0.05, 0.1) is 0 Å². The van der Waals surface area contributed by atoms with Crippen molar-refractivity contribution in [2.45, 2.75) is 91.1 Å². The Balaban J connectivity index is 1.57. The third kappa shape index (κ3) is 2.46. The van der Waals surface area contributed by atoms with E-state index in [0.717, 1.165) is 36.5 Å². The predicted molar refractivity (Wildman–Crippen MR) is 91.9 cm³/mol. The molecule has 0 aromatic rings. The number of fused-ring (bicyclic) bond motifs is 5. The third-order valence-corrected chi connectivity index (χ3v) is 8.64. The Bertz CT molecular complexity index is 486. The molecule has 0 radical (unpaired) electrons. The fraction of sp³-hybridized carbons (Fsp3) is 0.952. The molecular formula is C21H34O2. The van der Waals surface area contributed by atoms with Crippen LogP contribution in [0.2, 0.25) is 0 Å². The second-order valence-corrected chi connectivity index (χ2v) is 9.77. The van der Waals surface area contributed by atoms with E-state index in [1.165, 1.54) is 51.4 Å². The van der Waals surface area contributed by atoms with Crippen LogP contribution in [-0.4, -0.2) is 12.1 Å². The molecule has 0 N–H and O–H groups in total. The van der Waals surface area contributed by atoms with E-state index in [1.807, 2.05) is 0 Å². The van der Waals surface area contributed by atoms with E-state index in [9.17, 15) is 4.79 Å². The molecule has 0 bridgehead atoms. The summed E-state index contributed by atoms with van der Waals surface area (Å²) in [6.45, 7) is 6.70. The fourth-order valence-corrected chi connectivity index (χ4v) is 7.61. The van der Waals surface area contributed by atoms with Crippen LogP contribution in [0.25, 0.3) is 0 Å². The van der Waals surface area contributed by atoms with Crippen LogP contribution in [0.5, 0.6) is 0 Å². The van der Waals surface area contributed by atoms with Gasteiger partial charge in [-0.1, -0.05) is 26.7 Å². The fourth-order valence-electron chi connectivity index (χ4n) is 7.61. The molecule has 23 heavy (non-hydrogen) atoms. The summed E-state index contributed by atoms with van der Waals surface area (Å²) in [6, 6.07) is 0. The van der Waals surface area contributed by atoms with Crippen LogP contribution < -0.4 is 0 Å². The number of esters is 1. The van der Waals surface area contributed by atoms with Crippen LogP contribution in [0.3, 0.4) is 0 Å². The normalized spacial score (nSPS) is 52.2. The lowest BCUT2D eigenvalue weighted by Crippen LogP contribution is -2.51. The number of hydrogen-bond donors (Lipinski definition) is 0. The first-order valence-electron chi connectivity index (χ1n) is 10.1. The van der Waals surface area contributed by atoms with E-state index in [-0.39, 0.29) is 12.1 Å².